The minimum absolute atomic E-state index is 0.0853. The van der Waals surface area contributed by atoms with Gasteiger partial charge in [0.1, 0.15) is 24.2 Å². The highest BCUT2D eigenvalue weighted by Gasteiger charge is 2.54. The summed E-state index contributed by atoms with van der Waals surface area (Å²) in [6.07, 6.45) is 2.24. The quantitative estimate of drug-likeness (QED) is 0.156. The topological polar surface area (TPSA) is 187 Å². The van der Waals surface area contributed by atoms with Gasteiger partial charge < -0.3 is 20.4 Å². The number of hydrogen-bond acceptors (Lipinski definition) is 10. The third kappa shape index (κ3) is 4.92. The van der Waals surface area contributed by atoms with Gasteiger partial charge in [-0.15, -0.1) is 11.8 Å². The van der Waals surface area contributed by atoms with E-state index in [0.717, 1.165) is 0 Å². The number of oxime groups is 1. The van der Waals surface area contributed by atoms with E-state index in [-0.39, 0.29) is 22.4 Å². The van der Waals surface area contributed by atoms with Crippen LogP contribution in [0.25, 0.3) is 0 Å². The standard InChI is InChI=1S/C19H17N7O7S2/c1-33-23-10(13-21-18(35-24-13)22-19(31)32)14(27)20-11-15(28)26-12(17(29)30)9(8-34-16(11)26)7-25-5-3-2-4-6-25/h2-6,11,16H,7-8H2,1H3,(H3-,20,21,22,24,27,29,30,31,32)/p+1/t11?,16-/m1/s1. The number of carboxylic acids is 1. The van der Waals surface area contributed by atoms with Crippen LogP contribution in [0.3, 0.4) is 0 Å². The molecule has 2 atom stereocenters. The summed E-state index contributed by atoms with van der Waals surface area (Å²) in [4.78, 5) is 58.3. The maximum Gasteiger partial charge on any atom is 0.411 e. The Balaban J connectivity index is 1.51. The zero-order chi connectivity index (χ0) is 25.1. The van der Waals surface area contributed by atoms with Gasteiger partial charge in [-0.2, -0.15) is 9.36 Å². The third-order valence-electron chi connectivity index (χ3n) is 4.94. The van der Waals surface area contributed by atoms with E-state index in [4.69, 9.17) is 5.11 Å². The fourth-order valence-corrected chi connectivity index (χ4v) is 5.41. The minimum atomic E-state index is -1.36. The number of carboxylic acid groups (broad SMARTS) is 2. The summed E-state index contributed by atoms with van der Waals surface area (Å²) >= 11 is 2.02. The van der Waals surface area contributed by atoms with Crippen LogP contribution in [0.1, 0.15) is 5.82 Å². The van der Waals surface area contributed by atoms with Crippen molar-refractivity contribution < 1.29 is 38.8 Å². The van der Waals surface area contributed by atoms with E-state index in [9.17, 15) is 24.3 Å². The lowest BCUT2D eigenvalue weighted by Gasteiger charge is -2.49. The molecule has 2 aliphatic rings. The van der Waals surface area contributed by atoms with Crippen LogP contribution in [0.4, 0.5) is 9.93 Å². The zero-order valence-corrected chi connectivity index (χ0v) is 19.6. The number of aliphatic carboxylic acids is 1. The van der Waals surface area contributed by atoms with Gasteiger partial charge >= 0.3 is 12.1 Å². The molecule has 2 aliphatic heterocycles. The molecule has 3 amide bonds. The van der Waals surface area contributed by atoms with Crippen molar-refractivity contribution in [2.75, 3.05) is 18.2 Å². The van der Waals surface area contributed by atoms with E-state index in [1.165, 1.54) is 23.8 Å². The van der Waals surface area contributed by atoms with E-state index in [2.05, 4.69) is 24.7 Å². The van der Waals surface area contributed by atoms with Crippen molar-refractivity contribution in [1.29, 1.82) is 0 Å². The summed E-state index contributed by atoms with van der Waals surface area (Å²) in [6.45, 7) is 0.301. The number of amides is 3. The number of β-lactam (4-membered cyclic amide) rings is 1. The highest BCUT2D eigenvalue weighted by molar-refractivity contribution is 8.00. The Morgan fingerprint density at radius 3 is 2.69 bits per heavy atom. The number of fused-ring (bicyclic) bond motifs is 1. The highest BCUT2D eigenvalue weighted by Crippen LogP contribution is 2.40. The second-order valence-electron chi connectivity index (χ2n) is 7.14. The average molecular weight is 521 g/mol. The predicted octanol–water partition coefficient (Wildman–Crippen LogP) is -0.295. The SMILES string of the molecule is CON=C(C(=O)NC1C(=O)N2C(C(=O)O)=C(C[n+]3ccccc3)CS[C@H]12)c1nsc(NC(=O)O)n1. The molecule has 4 N–H and O–H groups in total. The molecule has 0 radical (unpaired) electrons. The molecule has 4 rings (SSSR count). The summed E-state index contributed by atoms with van der Waals surface area (Å²) in [6, 6.07) is 4.46. The summed E-state index contributed by atoms with van der Waals surface area (Å²) in [7, 11) is 1.19. The first-order chi connectivity index (χ1) is 16.8. The van der Waals surface area contributed by atoms with E-state index in [1.54, 1.807) is 12.4 Å². The van der Waals surface area contributed by atoms with Crippen LogP contribution in [-0.4, -0.2) is 78.3 Å². The van der Waals surface area contributed by atoms with Gasteiger partial charge in [0.2, 0.25) is 16.7 Å². The molecule has 0 bridgehead atoms. The molecule has 2 aromatic heterocycles. The number of pyridine rings is 1. The van der Waals surface area contributed by atoms with Gasteiger partial charge in [-0.25, -0.2) is 14.2 Å². The van der Waals surface area contributed by atoms with Crippen LogP contribution in [0.2, 0.25) is 0 Å². The van der Waals surface area contributed by atoms with Gasteiger partial charge in [-0.1, -0.05) is 11.2 Å². The van der Waals surface area contributed by atoms with Crippen molar-refractivity contribution in [2.24, 2.45) is 5.16 Å². The maximum absolute atomic E-state index is 12.9. The molecule has 35 heavy (non-hydrogen) atoms. The van der Waals surface area contributed by atoms with Crippen LogP contribution in [-0.2, 0) is 25.8 Å². The molecular formula is C19H18N7O7S2+. The number of carbonyl (C=O) groups is 4. The van der Waals surface area contributed by atoms with Crippen molar-refractivity contribution in [3.05, 3.63) is 47.7 Å². The van der Waals surface area contributed by atoms with Crippen LogP contribution in [0, 0.1) is 0 Å². The summed E-state index contributed by atoms with van der Waals surface area (Å²) < 4.78 is 5.70. The molecule has 0 aliphatic carbocycles. The fourth-order valence-electron chi connectivity index (χ4n) is 3.51. The molecule has 4 heterocycles. The largest absolute Gasteiger partial charge is 0.477 e. The maximum atomic E-state index is 12.9. The van der Waals surface area contributed by atoms with Gasteiger partial charge in [0.05, 0.1) is 0 Å². The van der Waals surface area contributed by atoms with Gasteiger partial charge in [0.15, 0.2) is 18.9 Å². The fraction of sp³-hybridized carbons (Fsp3) is 0.263. The van der Waals surface area contributed by atoms with Crippen LogP contribution in [0.5, 0.6) is 0 Å². The van der Waals surface area contributed by atoms with E-state index < -0.39 is 35.3 Å². The number of rotatable bonds is 8. The highest BCUT2D eigenvalue weighted by atomic mass is 32.2. The van der Waals surface area contributed by atoms with Crippen LogP contribution in [0.15, 0.2) is 47.0 Å². The number of hydrogen-bond donors (Lipinski definition) is 4. The summed E-state index contributed by atoms with van der Waals surface area (Å²) in [5.74, 6) is -2.50. The molecule has 1 saturated heterocycles. The number of carbonyl (C=O) groups excluding carboxylic acids is 2. The number of aromatic nitrogens is 3. The van der Waals surface area contributed by atoms with Gasteiger partial charge in [0.25, 0.3) is 11.8 Å². The Morgan fingerprint density at radius 1 is 1.29 bits per heavy atom. The van der Waals surface area contributed by atoms with Gasteiger partial charge in [0, 0.05) is 35.0 Å². The minimum Gasteiger partial charge on any atom is -0.477 e. The van der Waals surface area contributed by atoms with Crippen molar-refractivity contribution in [2.45, 2.75) is 18.0 Å². The van der Waals surface area contributed by atoms with Crippen LogP contribution < -0.4 is 15.2 Å². The lowest BCUT2D eigenvalue weighted by molar-refractivity contribution is -0.689. The Hall–Kier alpha value is -4.05. The first-order valence-corrected chi connectivity index (χ1v) is 11.7. The molecule has 182 valence electrons. The van der Waals surface area contributed by atoms with E-state index >= 15 is 0 Å². The molecule has 1 fully saturated rings. The normalized spacial score (nSPS) is 19.5. The zero-order valence-electron chi connectivity index (χ0n) is 17.9. The number of nitrogens with zero attached hydrogens (tertiary/aromatic N) is 5. The van der Waals surface area contributed by atoms with Crippen molar-refractivity contribution in [3.63, 3.8) is 0 Å². The van der Waals surface area contributed by atoms with Crippen molar-refractivity contribution >= 4 is 58.0 Å². The molecule has 16 heteroatoms. The van der Waals surface area contributed by atoms with Gasteiger partial charge in [-0.05, 0) is 0 Å². The molecule has 0 spiro atoms. The Bertz CT molecular complexity index is 1250. The van der Waals surface area contributed by atoms with Crippen molar-refractivity contribution in [1.82, 2.24) is 19.6 Å². The smallest absolute Gasteiger partial charge is 0.411 e. The first kappa shape index (κ1) is 24.1. The van der Waals surface area contributed by atoms with E-state index in [0.29, 0.717) is 29.4 Å². The third-order valence-corrected chi connectivity index (χ3v) is 6.91. The summed E-state index contributed by atoms with van der Waals surface area (Å²) in [5.41, 5.74) is 0.0983. The Morgan fingerprint density at radius 2 is 2.03 bits per heavy atom. The average Bonchev–Trinajstić information content (AvgIpc) is 3.28. The molecular weight excluding hydrogens is 502 g/mol. The van der Waals surface area contributed by atoms with Crippen LogP contribution >= 0.6 is 23.3 Å². The second kappa shape index (κ2) is 10.1. The second-order valence-corrected chi connectivity index (χ2v) is 9.00. The lowest BCUT2D eigenvalue weighted by atomic mass is 10.0. The number of nitrogens with one attached hydrogen (secondary N) is 2. The monoisotopic (exact) mass is 520 g/mol. The Kier molecular flexibility index (Phi) is 6.92. The predicted molar refractivity (Wildman–Crippen MR) is 121 cm³/mol. The number of anilines is 1. The molecule has 1 unspecified atom stereocenters. The van der Waals surface area contributed by atoms with Crippen molar-refractivity contribution in [3.8, 4) is 0 Å². The lowest BCUT2D eigenvalue weighted by Crippen LogP contribution is -2.71. The van der Waals surface area contributed by atoms with Gasteiger partial charge in [-0.3, -0.25) is 19.8 Å². The van der Waals surface area contributed by atoms with E-state index in [1.807, 2.05) is 28.1 Å². The molecule has 0 aromatic carbocycles. The first-order valence-electron chi connectivity index (χ1n) is 9.90. The number of thioether (sulfide) groups is 1. The molecule has 0 saturated carbocycles. The molecule has 2 aromatic rings. The Labute approximate surface area is 205 Å². The summed E-state index contributed by atoms with van der Waals surface area (Å²) in [5, 5.41) is 26.0. The molecule has 14 nitrogen and oxygen atoms in total.